The third kappa shape index (κ3) is 5.54. The SMILES string of the molecule is CC(=O)Nc1cncc(-c2ccc3[nH]nc(-c4nc5c(-c6cc(F)cc(CCS(C)(=O)=O)c6)nccc5[nH]4)c3c2)c1. The van der Waals surface area contributed by atoms with E-state index in [1.165, 1.54) is 19.1 Å². The van der Waals surface area contributed by atoms with E-state index in [2.05, 4.69) is 30.5 Å². The number of aromatic amines is 2. The van der Waals surface area contributed by atoms with Gasteiger partial charge >= 0.3 is 0 Å². The van der Waals surface area contributed by atoms with Gasteiger partial charge in [0.15, 0.2) is 5.82 Å². The Morgan fingerprint density at radius 1 is 0.976 bits per heavy atom. The van der Waals surface area contributed by atoms with Crippen LogP contribution in [0.4, 0.5) is 10.1 Å². The summed E-state index contributed by atoms with van der Waals surface area (Å²) in [5.41, 5.74) is 6.41. The van der Waals surface area contributed by atoms with Crippen molar-refractivity contribution in [1.29, 1.82) is 0 Å². The topological polar surface area (TPSA) is 146 Å². The van der Waals surface area contributed by atoms with Crippen LogP contribution in [0.3, 0.4) is 0 Å². The number of hydrogen-bond acceptors (Lipinski definition) is 7. The van der Waals surface area contributed by atoms with E-state index in [0.29, 0.717) is 45.1 Å². The zero-order valence-electron chi connectivity index (χ0n) is 22.1. The van der Waals surface area contributed by atoms with Gasteiger partial charge in [0.1, 0.15) is 26.9 Å². The zero-order chi connectivity index (χ0) is 28.7. The smallest absolute Gasteiger partial charge is 0.221 e. The lowest BCUT2D eigenvalue weighted by molar-refractivity contribution is -0.114. The molecule has 0 aliphatic rings. The first-order valence-electron chi connectivity index (χ1n) is 12.7. The summed E-state index contributed by atoms with van der Waals surface area (Å²) < 4.78 is 37.8. The number of carbonyl (C=O) groups is 1. The molecule has 1 amide bonds. The Hall–Kier alpha value is -4.97. The Kier molecular flexibility index (Phi) is 6.54. The minimum atomic E-state index is -3.20. The van der Waals surface area contributed by atoms with Gasteiger partial charge in [-0.3, -0.25) is 19.9 Å². The summed E-state index contributed by atoms with van der Waals surface area (Å²) in [6.45, 7) is 1.44. The number of carbonyl (C=O) groups excluding carboxylic acids is 1. The molecule has 0 radical (unpaired) electrons. The minimum absolute atomic E-state index is 0.0815. The summed E-state index contributed by atoms with van der Waals surface area (Å²) >= 11 is 0. The van der Waals surface area contributed by atoms with Gasteiger partial charge in [-0.1, -0.05) is 6.07 Å². The molecular formula is C29H24FN7O3S. The lowest BCUT2D eigenvalue weighted by Gasteiger charge is -2.06. The molecule has 41 heavy (non-hydrogen) atoms. The van der Waals surface area contributed by atoms with Crippen molar-refractivity contribution < 1.29 is 17.6 Å². The molecule has 0 unspecified atom stereocenters. The monoisotopic (exact) mass is 569 g/mol. The number of hydrogen-bond donors (Lipinski definition) is 3. The van der Waals surface area contributed by atoms with Crippen LogP contribution in [0.15, 0.2) is 67.1 Å². The molecule has 206 valence electrons. The fourth-order valence-electron chi connectivity index (χ4n) is 4.74. The van der Waals surface area contributed by atoms with E-state index >= 15 is 0 Å². The largest absolute Gasteiger partial charge is 0.336 e. The number of imidazole rings is 1. The molecule has 6 rings (SSSR count). The van der Waals surface area contributed by atoms with E-state index < -0.39 is 15.7 Å². The predicted octanol–water partition coefficient (Wildman–Crippen LogP) is 4.91. The van der Waals surface area contributed by atoms with Gasteiger partial charge in [-0.25, -0.2) is 17.8 Å². The average Bonchev–Trinajstić information content (AvgIpc) is 3.54. The van der Waals surface area contributed by atoms with Gasteiger partial charge in [-0.05, 0) is 60.0 Å². The second kappa shape index (κ2) is 10.2. The Labute approximate surface area is 234 Å². The number of nitrogens with zero attached hydrogens (tertiary/aromatic N) is 4. The molecule has 2 aromatic carbocycles. The van der Waals surface area contributed by atoms with Gasteiger partial charge < -0.3 is 10.3 Å². The van der Waals surface area contributed by atoms with Crippen molar-refractivity contribution in [3.05, 3.63) is 78.5 Å². The third-order valence-corrected chi connectivity index (χ3v) is 7.52. The maximum Gasteiger partial charge on any atom is 0.221 e. The van der Waals surface area contributed by atoms with E-state index in [-0.39, 0.29) is 18.1 Å². The van der Waals surface area contributed by atoms with E-state index in [4.69, 9.17) is 4.98 Å². The summed E-state index contributed by atoms with van der Waals surface area (Å²) in [6, 6.07) is 13.9. The molecule has 0 spiro atoms. The number of aromatic nitrogens is 6. The van der Waals surface area contributed by atoms with E-state index in [1.807, 2.05) is 24.3 Å². The summed E-state index contributed by atoms with van der Waals surface area (Å²) in [5.74, 6) is -0.249. The molecule has 0 saturated heterocycles. The summed E-state index contributed by atoms with van der Waals surface area (Å²) in [7, 11) is -3.20. The second-order valence-corrected chi connectivity index (χ2v) is 12.1. The highest BCUT2D eigenvalue weighted by Crippen LogP contribution is 2.33. The van der Waals surface area contributed by atoms with Crippen LogP contribution in [-0.4, -0.2) is 56.5 Å². The van der Waals surface area contributed by atoms with E-state index in [9.17, 15) is 17.6 Å². The molecule has 4 aromatic heterocycles. The Morgan fingerprint density at radius 3 is 2.63 bits per heavy atom. The van der Waals surface area contributed by atoms with E-state index in [0.717, 1.165) is 28.3 Å². The Bertz CT molecular complexity index is 2070. The standard InChI is InChI=1S/C29H24FN7O3S/c1-16(38)33-22-12-20(14-31-15-22)18-3-4-24-23(13-18)27(37-36-24)29-34-25-5-7-32-26(28(25)35-29)19-9-17(10-21(30)11-19)6-8-41(2,39)40/h3-5,7,9-15H,6,8H2,1-2H3,(H,33,38)(H,34,35)(H,36,37). The van der Waals surface area contributed by atoms with Crippen molar-refractivity contribution in [2.75, 3.05) is 17.3 Å². The Morgan fingerprint density at radius 2 is 1.83 bits per heavy atom. The number of rotatable bonds is 7. The highest BCUT2D eigenvalue weighted by atomic mass is 32.2. The van der Waals surface area contributed by atoms with Crippen LogP contribution >= 0.6 is 0 Å². The lowest BCUT2D eigenvalue weighted by Crippen LogP contribution is -2.06. The quantitative estimate of drug-likeness (QED) is 0.247. The number of H-pyrrole nitrogens is 2. The van der Waals surface area contributed by atoms with Gasteiger partial charge in [0, 0.05) is 42.1 Å². The summed E-state index contributed by atoms with van der Waals surface area (Å²) in [5, 5.41) is 11.1. The van der Waals surface area contributed by atoms with Gasteiger partial charge in [0.25, 0.3) is 0 Å². The van der Waals surface area contributed by atoms with Crippen molar-refractivity contribution in [1.82, 2.24) is 30.1 Å². The number of benzene rings is 2. The number of pyridine rings is 2. The normalized spacial score (nSPS) is 11.8. The third-order valence-electron chi connectivity index (χ3n) is 6.57. The second-order valence-electron chi connectivity index (χ2n) is 9.85. The molecule has 12 heteroatoms. The maximum absolute atomic E-state index is 14.6. The van der Waals surface area contributed by atoms with Gasteiger partial charge in [0.05, 0.1) is 34.4 Å². The summed E-state index contributed by atoms with van der Waals surface area (Å²) in [6.07, 6.45) is 6.25. The van der Waals surface area contributed by atoms with Crippen LogP contribution < -0.4 is 5.32 Å². The van der Waals surface area contributed by atoms with Crippen LogP contribution in [0.2, 0.25) is 0 Å². The van der Waals surface area contributed by atoms with Crippen molar-refractivity contribution in [3.8, 4) is 33.9 Å². The summed E-state index contributed by atoms with van der Waals surface area (Å²) in [4.78, 5) is 28.3. The van der Waals surface area contributed by atoms with Crippen LogP contribution in [0.25, 0.3) is 55.8 Å². The highest BCUT2D eigenvalue weighted by Gasteiger charge is 2.17. The highest BCUT2D eigenvalue weighted by molar-refractivity contribution is 7.90. The molecule has 0 aliphatic carbocycles. The molecule has 0 saturated carbocycles. The number of nitrogens with one attached hydrogen (secondary N) is 3. The molecule has 0 aliphatic heterocycles. The predicted molar refractivity (Wildman–Crippen MR) is 155 cm³/mol. The average molecular weight is 570 g/mol. The van der Waals surface area contributed by atoms with Gasteiger partial charge in [-0.15, -0.1) is 0 Å². The first-order chi connectivity index (χ1) is 19.6. The molecule has 0 fully saturated rings. The maximum atomic E-state index is 14.6. The molecule has 10 nitrogen and oxygen atoms in total. The number of aryl methyl sites for hydroxylation is 1. The lowest BCUT2D eigenvalue weighted by atomic mass is 10.0. The number of fused-ring (bicyclic) bond motifs is 2. The van der Waals surface area contributed by atoms with Crippen LogP contribution in [0.1, 0.15) is 12.5 Å². The first kappa shape index (κ1) is 26.3. The van der Waals surface area contributed by atoms with Crippen LogP contribution in [0.5, 0.6) is 0 Å². The molecule has 6 aromatic rings. The molecule has 0 bridgehead atoms. The van der Waals surface area contributed by atoms with Crippen LogP contribution in [0, 0.1) is 5.82 Å². The van der Waals surface area contributed by atoms with Gasteiger partial charge in [0.2, 0.25) is 5.91 Å². The van der Waals surface area contributed by atoms with Crippen molar-refractivity contribution in [3.63, 3.8) is 0 Å². The first-order valence-corrected chi connectivity index (χ1v) is 14.7. The van der Waals surface area contributed by atoms with E-state index in [1.54, 1.807) is 30.7 Å². The number of halogens is 1. The Balaban J connectivity index is 1.40. The number of sulfone groups is 1. The number of amides is 1. The molecular weight excluding hydrogens is 545 g/mol. The fraction of sp³-hybridized carbons (Fsp3) is 0.138. The van der Waals surface area contributed by atoms with Crippen molar-refractivity contribution in [2.24, 2.45) is 0 Å². The molecule has 3 N–H and O–H groups in total. The van der Waals surface area contributed by atoms with Gasteiger partial charge in [-0.2, -0.15) is 5.10 Å². The van der Waals surface area contributed by atoms with Crippen molar-refractivity contribution >= 4 is 43.4 Å². The minimum Gasteiger partial charge on any atom is -0.336 e. The number of anilines is 1. The zero-order valence-corrected chi connectivity index (χ0v) is 22.9. The van der Waals surface area contributed by atoms with Crippen molar-refractivity contribution in [2.45, 2.75) is 13.3 Å². The molecule has 4 heterocycles. The molecule has 0 atom stereocenters. The van der Waals surface area contributed by atoms with Crippen LogP contribution in [-0.2, 0) is 21.1 Å². The fourth-order valence-corrected chi connectivity index (χ4v) is 5.34.